The summed E-state index contributed by atoms with van der Waals surface area (Å²) >= 11 is 0. The highest BCUT2D eigenvalue weighted by molar-refractivity contribution is 6.00. The Morgan fingerprint density at radius 2 is 2.33 bits per heavy atom. The third kappa shape index (κ3) is 3.50. The molecule has 0 aromatic carbocycles. The van der Waals surface area contributed by atoms with Crippen molar-refractivity contribution in [1.29, 1.82) is 0 Å². The number of anilines is 1. The third-order valence-electron chi connectivity index (χ3n) is 2.88. The van der Waals surface area contributed by atoms with E-state index in [1.54, 1.807) is 6.20 Å². The zero-order valence-corrected chi connectivity index (χ0v) is 12.5. The standard InChI is InChI=1S/C16H18N4O/c1-5-15(21)18-13-9-14-12(7-6-8-19(2)3)11-20(4)16(14)17-10-13/h5,9-11H,1,8H2,2-4H3,(H,18,21). The van der Waals surface area contributed by atoms with Crippen molar-refractivity contribution in [3.05, 3.63) is 36.7 Å². The van der Waals surface area contributed by atoms with Gasteiger partial charge in [0.2, 0.25) is 5.91 Å². The maximum Gasteiger partial charge on any atom is 0.247 e. The highest BCUT2D eigenvalue weighted by atomic mass is 16.1. The Labute approximate surface area is 124 Å². The fourth-order valence-electron chi connectivity index (χ4n) is 1.92. The Morgan fingerprint density at radius 1 is 1.57 bits per heavy atom. The van der Waals surface area contributed by atoms with Crippen molar-refractivity contribution in [2.24, 2.45) is 7.05 Å². The summed E-state index contributed by atoms with van der Waals surface area (Å²) < 4.78 is 1.92. The predicted octanol–water partition coefficient (Wildman–Crippen LogP) is 1.61. The van der Waals surface area contributed by atoms with Gasteiger partial charge in [0.15, 0.2) is 0 Å². The second-order valence-electron chi connectivity index (χ2n) is 4.98. The molecule has 0 atom stereocenters. The van der Waals surface area contributed by atoms with Crippen molar-refractivity contribution in [3.8, 4) is 11.8 Å². The number of rotatable bonds is 3. The summed E-state index contributed by atoms with van der Waals surface area (Å²) in [7, 11) is 5.87. The summed E-state index contributed by atoms with van der Waals surface area (Å²) in [5.41, 5.74) is 2.37. The van der Waals surface area contributed by atoms with Gasteiger partial charge >= 0.3 is 0 Å². The van der Waals surface area contributed by atoms with Crippen LogP contribution in [0.1, 0.15) is 5.56 Å². The molecule has 0 aliphatic rings. The average Bonchev–Trinajstić information content (AvgIpc) is 2.75. The van der Waals surface area contributed by atoms with Crippen molar-refractivity contribution < 1.29 is 4.79 Å². The normalized spacial score (nSPS) is 10.3. The van der Waals surface area contributed by atoms with Crippen molar-refractivity contribution in [2.45, 2.75) is 0 Å². The molecule has 0 spiro atoms. The van der Waals surface area contributed by atoms with Gasteiger partial charge in [-0.15, -0.1) is 0 Å². The maximum atomic E-state index is 11.4. The molecule has 1 N–H and O–H groups in total. The molecule has 0 aliphatic heterocycles. The van der Waals surface area contributed by atoms with Crippen LogP contribution in [0.3, 0.4) is 0 Å². The van der Waals surface area contributed by atoms with E-state index in [4.69, 9.17) is 0 Å². The molecule has 0 aliphatic carbocycles. The Kier molecular flexibility index (Phi) is 4.41. The van der Waals surface area contributed by atoms with Gasteiger partial charge in [-0.3, -0.25) is 9.69 Å². The fourth-order valence-corrected chi connectivity index (χ4v) is 1.92. The first kappa shape index (κ1) is 14.8. The number of amides is 1. The number of fused-ring (bicyclic) bond motifs is 1. The van der Waals surface area contributed by atoms with Crippen LogP contribution in [0.4, 0.5) is 5.69 Å². The topological polar surface area (TPSA) is 50.2 Å². The summed E-state index contributed by atoms with van der Waals surface area (Å²) in [4.78, 5) is 17.7. The van der Waals surface area contributed by atoms with E-state index in [1.807, 2.05) is 42.9 Å². The molecule has 0 saturated carbocycles. The quantitative estimate of drug-likeness (QED) is 0.687. The molecular weight excluding hydrogens is 264 g/mol. The van der Waals surface area contributed by atoms with E-state index < -0.39 is 0 Å². The molecule has 2 heterocycles. The van der Waals surface area contributed by atoms with Gasteiger partial charge in [0, 0.05) is 18.6 Å². The molecule has 2 aromatic heterocycles. The number of hydrogen-bond donors (Lipinski definition) is 1. The van der Waals surface area contributed by atoms with Gasteiger partial charge in [-0.1, -0.05) is 18.4 Å². The molecular formula is C16H18N4O. The highest BCUT2D eigenvalue weighted by Gasteiger charge is 2.08. The molecule has 2 aromatic rings. The molecule has 2 rings (SSSR count). The Hall–Kier alpha value is -2.58. The van der Waals surface area contributed by atoms with Crippen LogP contribution in [0.5, 0.6) is 0 Å². The molecule has 5 heteroatoms. The number of nitrogens with one attached hydrogen (secondary N) is 1. The van der Waals surface area contributed by atoms with E-state index in [2.05, 4.69) is 28.7 Å². The molecule has 5 nitrogen and oxygen atoms in total. The lowest BCUT2D eigenvalue weighted by Gasteiger charge is -2.02. The zero-order chi connectivity index (χ0) is 15.4. The largest absolute Gasteiger partial charge is 0.334 e. The molecule has 108 valence electrons. The molecule has 0 saturated heterocycles. The first-order valence-corrected chi connectivity index (χ1v) is 6.53. The zero-order valence-electron chi connectivity index (χ0n) is 12.5. The lowest BCUT2D eigenvalue weighted by Crippen LogP contribution is -2.10. The van der Waals surface area contributed by atoms with Crippen molar-refractivity contribution in [3.63, 3.8) is 0 Å². The second kappa shape index (κ2) is 6.25. The van der Waals surface area contributed by atoms with Crippen LogP contribution in [-0.2, 0) is 11.8 Å². The smallest absolute Gasteiger partial charge is 0.247 e. The van der Waals surface area contributed by atoms with Crippen LogP contribution in [0.2, 0.25) is 0 Å². The molecule has 0 unspecified atom stereocenters. The number of carbonyl (C=O) groups is 1. The minimum absolute atomic E-state index is 0.257. The van der Waals surface area contributed by atoms with Gasteiger partial charge in [0.25, 0.3) is 0 Å². The van der Waals surface area contributed by atoms with Gasteiger partial charge < -0.3 is 9.88 Å². The second-order valence-corrected chi connectivity index (χ2v) is 4.98. The summed E-state index contributed by atoms with van der Waals surface area (Å²) in [5, 5.41) is 3.63. The molecule has 21 heavy (non-hydrogen) atoms. The first-order chi connectivity index (χ1) is 10.0. The fraction of sp³-hybridized carbons (Fsp3) is 0.250. The van der Waals surface area contributed by atoms with Crippen LogP contribution >= 0.6 is 0 Å². The van der Waals surface area contributed by atoms with E-state index in [0.717, 1.165) is 16.6 Å². The lowest BCUT2D eigenvalue weighted by molar-refractivity contribution is -0.111. The van der Waals surface area contributed by atoms with Crippen LogP contribution < -0.4 is 5.32 Å². The minimum atomic E-state index is -0.257. The van der Waals surface area contributed by atoms with E-state index in [-0.39, 0.29) is 5.91 Å². The van der Waals surface area contributed by atoms with E-state index in [1.165, 1.54) is 6.08 Å². The van der Waals surface area contributed by atoms with Gasteiger partial charge in [-0.05, 0) is 26.2 Å². The van der Waals surface area contributed by atoms with Gasteiger partial charge in [-0.25, -0.2) is 4.98 Å². The van der Waals surface area contributed by atoms with Crippen molar-refractivity contribution in [1.82, 2.24) is 14.5 Å². The number of carbonyl (C=O) groups excluding carboxylic acids is 1. The van der Waals surface area contributed by atoms with Crippen molar-refractivity contribution >= 4 is 22.6 Å². The monoisotopic (exact) mass is 282 g/mol. The first-order valence-electron chi connectivity index (χ1n) is 6.53. The van der Waals surface area contributed by atoms with Gasteiger partial charge in [-0.2, -0.15) is 0 Å². The summed E-state index contributed by atoms with van der Waals surface area (Å²) in [6, 6.07) is 1.88. The number of aryl methyl sites for hydroxylation is 1. The van der Waals surface area contributed by atoms with Crippen molar-refractivity contribution in [2.75, 3.05) is 26.0 Å². The SMILES string of the molecule is C=CC(=O)Nc1cnc2c(c1)c(C#CCN(C)C)cn2C. The average molecular weight is 282 g/mol. The maximum absolute atomic E-state index is 11.4. The minimum Gasteiger partial charge on any atom is -0.334 e. The van der Waals surface area contributed by atoms with Crippen LogP contribution in [-0.4, -0.2) is 41.0 Å². The Bertz CT molecular complexity index is 747. The summed E-state index contributed by atoms with van der Waals surface area (Å²) in [6.07, 6.45) is 4.80. The number of pyridine rings is 1. The molecule has 1 amide bonds. The molecule has 0 bridgehead atoms. The van der Waals surface area contributed by atoms with Gasteiger partial charge in [0.05, 0.1) is 24.0 Å². The van der Waals surface area contributed by atoms with E-state index in [0.29, 0.717) is 12.2 Å². The number of hydrogen-bond acceptors (Lipinski definition) is 3. The highest BCUT2D eigenvalue weighted by Crippen LogP contribution is 2.21. The van der Waals surface area contributed by atoms with E-state index in [9.17, 15) is 4.79 Å². The van der Waals surface area contributed by atoms with Crippen LogP contribution in [0, 0.1) is 11.8 Å². The van der Waals surface area contributed by atoms with E-state index >= 15 is 0 Å². The number of aromatic nitrogens is 2. The third-order valence-corrected chi connectivity index (χ3v) is 2.88. The summed E-state index contributed by atoms with van der Waals surface area (Å²) in [6.45, 7) is 4.13. The summed E-state index contributed by atoms with van der Waals surface area (Å²) in [5.74, 6) is 6.00. The molecule has 0 fully saturated rings. The van der Waals surface area contributed by atoms with Crippen LogP contribution in [0.15, 0.2) is 31.1 Å². The lowest BCUT2D eigenvalue weighted by atomic mass is 10.2. The number of nitrogens with zero attached hydrogens (tertiary/aromatic N) is 3. The molecule has 0 radical (unpaired) electrons. The van der Waals surface area contributed by atoms with Crippen LogP contribution in [0.25, 0.3) is 11.0 Å². The van der Waals surface area contributed by atoms with Gasteiger partial charge in [0.1, 0.15) is 5.65 Å². The Morgan fingerprint density at radius 3 is 3.00 bits per heavy atom. The Balaban J connectivity index is 2.40. The predicted molar refractivity (Wildman–Crippen MR) is 85.0 cm³/mol.